The topological polar surface area (TPSA) is 23.6 Å². The number of amides is 2. The van der Waals surface area contributed by atoms with Gasteiger partial charge in [0.1, 0.15) is 0 Å². The Labute approximate surface area is 173 Å². The van der Waals surface area contributed by atoms with E-state index < -0.39 is 11.7 Å². The van der Waals surface area contributed by atoms with E-state index in [1.54, 1.807) is 12.1 Å². The van der Waals surface area contributed by atoms with Gasteiger partial charge in [-0.15, -0.1) is 0 Å². The van der Waals surface area contributed by atoms with E-state index in [9.17, 15) is 18.0 Å². The van der Waals surface area contributed by atoms with Crippen LogP contribution in [0.4, 0.5) is 23.7 Å². The lowest BCUT2D eigenvalue weighted by molar-refractivity contribution is -0.137. The van der Waals surface area contributed by atoms with Crippen LogP contribution >= 0.6 is 0 Å². The molecule has 3 nitrogen and oxygen atoms in total. The van der Waals surface area contributed by atoms with Crippen molar-refractivity contribution in [1.82, 2.24) is 4.90 Å². The third-order valence-electron chi connectivity index (χ3n) is 6.54. The number of rotatable bonds is 1. The van der Waals surface area contributed by atoms with Crippen molar-refractivity contribution in [3.8, 4) is 0 Å². The summed E-state index contributed by atoms with van der Waals surface area (Å²) in [6, 6.07) is 13.5. The largest absolute Gasteiger partial charge is 0.416 e. The highest BCUT2D eigenvalue weighted by Gasteiger charge is 2.43. The first-order valence-corrected chi connectivity index (χ1v) is 10.5. The van der Waals surface area contributed by atoms with Crippen molar-refractivity contribution in [3.63, 3.8) is 0 Å². The highest BCUT2D eigenvalue weighted by molar-refractivity contribution is 5.94. The highest BCUT2D eigenvalue weighted by Crippen LogP contribution is 2.43. The number of anilines is 1. The summed E-state index contributed by atoms with van der Waals surface area (Å²) in [6.45, 7) is 0.680. The normalized spacial score (nSPS) is 23.2. The Hall–Kier alpha value is -2.76. The van der Waals surface area contributed by atoms with Crippen LogP contribution in [0.2, 0.25) is 0 Å². The minimum atomic E-state index is -4.39. The predicted octanol–water partition coefficient (Wildman–Crippen LogP) is 5.90. The number of benzene rings is 2. The van der Waals surface area contributed by atoms with Gasteiger partial charge in [0.2, 0.25) is 0 Å². The molecule has 2 bridgehead atoms. The number of hydrogen-bond donors (Lipinski definition) is 0. The van der Waals surface area contributed by atoms with Crippen molar-refractivity contribution in [2.75, 3.05) is 11.4 Å². The maximum atomic E-state index is 13.5. The van der Waals surface area contributed by atoms with Crippen LogP contribution < -0.4 is 4.90 Å². The standard InChI is InChI=1S/C24H23F3N2O/c25-24(26,27)21-9-3-2-8-20(21)17-14-18-11-12-19(15-17)29(18)23(30)28-13-5-7-16-6-1-4-10-22(16)28/h1-4,6,8-10,14,18-19H,5,7,11-13,15H2. The van der Waals surface area contributed by atoms with Gasteiger partial charge in [0.25, 0.3) is 0 Å². The number of carbonyl (C=O) groups excluding carboxylic acids is 1. The van der Waals surface area contributed by atoms with E-state index in [1.807, 2.05) is 34.1 Å². The van der Waals surface area contributed by atoms with Crippen molar-refractivity contribution >= 4 is 17.3 Å². The molecule has 1 saturated heterocycles. The summed E-state index contributed by atoms with van der Waals surface area (Å²) < 4.78 is 40.5. The molecule has 0 radical (unpaired) electrons. The molecular weight excluding hydrogens is 389 g/mol. The van der Waals surface area contributed by atoms with Crippen LogP contribution in [0.5, 0.6) is 0 Å². The molecule has 2 unspecified atom stereocenters. The number of aryl methyl sites for hydroxylation is 1. The van der Waals surface area contributed by atoms with Crippen LogP contribution in [0, 0.1) is 0 Å². The SMILES string of the molecule is O=C(N1CCCc2ccccc21)N1C2C=C(c3ccccc3C(F)(F)F)CC1CC2. The van der Waals surface area contributed by atoms with E-state index in [-0.39, 0.29) is 23.7 Å². The van der Waals surface area contributed by atoms with E-state index in [2.05, 4.69) is 6.07 Å². The number of para-hydroxylation sites is 1. The lowest BCUT2D eigenvalue weighted by Crippen LogP contribution is -2.51. The molecule has 0 spiro atoms. The fourth-order valence-corrected chi connectivity index (χ4v) is 5.21. The molecule has 3 aliphatic heterocycles. The average Bonchev–Trinajstić information content (AvgIpc) is 3.01. The molecule has 5 rings (SSSR count). The number of carbonyl (C=O) groups is 1. The summed E-state index contributed by atoms with van der Waals surface area (Å²) in [4.78, 5) is 17.2. The van der Waals surface area contributed by atoms with E-state index in [1.165, 1.54) is 11.6 Å². The Balaban J connectivity index is 1.46. The first-order valence-electron chi connectivity index (χ1n) is 10.5. The van der Waals surface area contributed by atoms with Gasteiger partial charge in [0, 0.05) is 18.3 Å². The molecule has 30 heavy (non-hydrogen) atoms. The molecule has 156 valence electrons. The van der Waals surface area contributed by atoms with Crippen molar-refractivity contribution < 1.29 is 18.0 Å². The molecule has 0 saturated carbocycles. The molecule has 2 aromatic carbocycles. The number of nitrogens with zero attached hydrogens (tertiary/aromatic N) is 2. The summed E-state index contributed by atoms with van der Waals surface area (Å²) in [5.74, 6) is 0. The Morgan fingerprint density at radius 3 is 2.57 bits per heavy atom. The fraction of sp³-hybridized carbons (Fsp3) is 0.375. The highest BCUT2D eigenvalue weighted by atomic mass is 19.4. The van der Waals surface area contributed by atoms with Crippen molar-refractivity contribution in [2.45, 2.75) is 50.4 Å². The third kappa shape index (κ3) is 3.18. The van der Waals surface area contributed by atoms with E-state index in [0.29, 0.717) is 18.5 Å². The molecule has 2 atom stereocenters. The van der Waals surface area contributed by atoms with Crippen LogP contribution in [0.25, 0.3) is 5.57 Å². The molecule has 6 heteroatoms. The molecule has 0 aromatic heterocycles. The average molecular weight is 412 g/mol. The number of halogens is 3. The van der Waals surface area contributed by atoms with Crippen molar-refractivity contribution in [2.24, 2.45) is 0 Å². The van der Waals surface area contributed by atoms with Gasteiger partial charge in [0.05, 0.1) is 11.6 Å². The Kier molecular flexibility index (Phi) is 4.60. The van der Waals surface area contributed by atoms with E-state index >= 15 is 0 Å². The molecule has 3 heterocycles. The molecule has 0 aliphatic carbocycles. The van der Waals surface area contributed by atoms with E-state index in [4.69, 9.17) is 0 Å². The third-order valence-corrected chi connectivity index (χ3v) is 6.54. The summed E-state index contributed by atoms with van der Waals surface area (Å²) >= 11 is 0. The second-order valence-electron chi connectivity index (χ2n) is 8.31. The lowest BCUT2D eigenvalue weighted by Gasteiger charge is -2.40. The smallest absolute Gasteiger partial charge is 0.315 e. The van der Waals surface area contributed by atoms with Crippen LogP contribution in [0.3, 0.4) is 0 Å². The zero-order valence-electron chi connectivity index (χ0n) is 16.5. The lowest BCUT2D eigenvalue weighted by atomic mass is 9.91. The van der Waals surface area contributed by atoms with Gasteiger partial charge in [0.15, 0.2) is 0 Å². The zero-order valence-corrected chi connectivity index (χ0v) is 16.5. The van der Waals surface area contributed by atoms with Crippen molar-refractivity contribution in [3.05, 3.63) is 71.3 Å². The van der Waals surface area contributed by atoms with Crippen LogP contribution in [-0.2, 0) is 12.6 Å². The first kappa shape index (κ1) is 19.2. The summed E-state index contributed by atoms with van der Waals surface area (Å²) in [7, 11) is 0. The molecule has 2 amide bonds. The predicted molar refractivity (Wildman–Crippen MR) is 110 cm³/mol. The number of hydrogen-bond acceptors (Lipinski definition) is 1. The van der Waals surface area contributed by atoms with Gasteiger partial charge in [-0.3, -0.25) is 4.90 Å². The molecule has 1 fully saturated rings. The molecular formula is C24H23F3N2O. The summed E-state index contributed by atoms with van der Waals surface area (Å²) in [5.41, 5.74) is 2.50. The minimum Gasteiger partial charge on any atom is -0.315 e. The fourth-order valence-electron chi connectivity index (χ4n) is 5.21. The molecule has 0 N–H and O–H groups in total. The number of fused-ring (bicyclic) bond motifs is 3. The first-order chi connectivity index (χ1) is 14.4. The zero-order chi connectivity index (χ0) is 20.9. The van der Waals surface area contributed by atoms with Crippen LogP contribution in [0.1, 0.15) is 42.4 Å². The molecule has 2 aromatic rings. The van der Waals surface area contributed by atoms with Gasteiger partial charge < -0.3 is 4.90 Å². The summed E-state index contributed by atoms with van der Waals surface area (Å²) in [6.07, 6.45) is 1.47. The van der Waals surface area contributed by atoms with Gasteiger partial charge in [-0.05, 0) is 60.9 Å². The quantitative estimate of drug-likeness (QED) is 0.572. The monoisotopic (exact) mass is 412 g/mol. The number of urea groups is 1. The van der Waals surface area contributed by atoms with Gasteiger partial charge in [-0.1, -0.05) is 42.5 Å². The van der Waals surface area contributed by atoms with E-state index in [0.717, 1.165) is 37.4 Å². The molecule has 3 aliphatic rings. The maximum absolute atomic E-state index is 13.5. The van der Waals surface area contributed by atoms with Gasteiger partial charge in [-0.2, -0.15) is 13.2 Å². The second-order valence-corrected chi connectivity index (χ2v) is 8.31. The van der Waals surface area contributed by atoms with Gasteiger partial charge >= 0.3 is 12.2 Å². The Morgan fingerprint density at radius 1 is 1.00 bits per heavy atom. The van der Waals surface area contributed by atoms with Crippen molar-refractivity contribution in [1.29, 1.82) is 0 Å². The second kappa shape index (κ2) is 7.18. The minimum absolute atomic E-state index is 0.0194. The Morgan fingerprint density at radius 2 is 1.77 bits per heavy atom. The van der Waals surface area contributed by atoms with Crippen LogP contribution in [-0.4, -0.2) is 29.6 Å². The number of alkyl halides is 3. The maximum Gasteiger partial charge on any atom is 0.416 e. The van der Waals surface area contributed by atoms with Crippen LogP contribution in [0.15, 0.2) is 54.6 Å². The van der Waals surface area contributed by atoms with Gasteiger partial charge in [-0.25, -0.2) is 4.79 Å². The summed E-state index contributed by atoms with van der Waals surface area (Å²) in [5, 5.41) is 0. The Bertz CT molecular complexity index is 1010.